The minimum Gasteiger partial charge on any atom is -0.733 e. The molecule has 0 aromatic heterocycles. The number of nitrogens with zero attached hydrogens (tertiary/aromatic N) is 1. The number of aliphatic hydroxyl groups excluding tert-OH is 2. The topological polar surface area (TPSA) is 140 Å². The highest BCUT2D eigenvalue weighted by atomic mass is 16.8. The zero-order valence-electron chi connectivity index (χ0n) is 17.4. The smallest absolute Gasteiger partial charge is 0.338 e. The van der Waals surface area contributed by atoms with E-state index < -0.39 is 40.9 Å². The van der Waals surface area contributed by atoms with Crippen molar-refractivity contribution in [3.63, 3.8) is 0 Å². The highest BCUT2D eigenvalue weighted by molar-refractivity contribution is 5.94. The van der Waals surface area contributed by atoms with Crippen molar-refractivity contribution in [1.29, 1.82) is 0 Å². The highest BCUT2D eigenvalue weighted by Gasteiger charge is 2.62. The van der Waals surface area contributed by atoms with Crippen LogP contribution >= 0.6 is 0 Å². The fourth-order valence-corrected chi connectivity index (χ4v) is 5.80. The molecule has 3 N–H and O–H groups in total. The van der Waals surface area contributed by atoms with Crippen LogP contribution < -0.4 is 5.23 Å². The Hall–Kier alpha value is -2.46. The van der Waals surface area contributed by atoms with Gasteiger partial charge in [-0.2, -0.15) is 0 Å². The molecule has 1 aromatic rings. The fourth-order valence-electron chi connectivity index (χ4n) is 5.80. The molecule has 0 saturated heterocycles. The fraction of sp³-hybridized carbons (Fsp3) is 0.545. The summed E-state index contributed by atoms with van der Waals surface area (Å²) < 4.78 is 11.0. The number of hydrogen-bond donors (Lipinski definition) is 3. The zero-order valence-corrected chi connectivity index (χ0v) is 17.4. The Morgan fingerprint density at radius 1 is 1.29 bits per heavy atom. The second kappa shape index (κ2) is 7.59. The molecule has 1 aliphatic heterocycles. The van der Waals surface area contributed by atoms with Crippen molar-refractivity contribution in [3.8, 4) is 0 Å². The van der Waals surface area contributed by atoms with E-state index in [1.165, 1.54) is 24.3 Å². The van der Waals surface area contributed by atoms with Gasteiger partial charge in [-0.3, -0.25) is 5.21 Å². The maximum Gasteiger partial charge on any atom is 0.338 e. The third-order valence-corrected chi connectivity index (χ3v) is 7.33. The van der Waals surface area contributed by atoms with E-state index in [0.29, 0.717) is 12.8 Å². The number of cyclic esters (lactones) is 1. The van der Waals surface area contributed by atoms with E-state index in [0.717, 1.165) is 12.0 Å². The molecule has 31 heavy (non-hydrogen) atoms. The normalized spacial score (nSPS) is 34.6. The Bertz CT molecular complexity index is 926. The van der Waals surface area contributed by atoms with Crippen LogP contribution in [0.25, 0.3) is 0 Å². The molecule has 2 aliphatic carbocycles. The lowest BCUT2D eigenvalue weighted by atomic mass is 9.48. The summed E-state index contributed by atoms with van der Waals surface area (Å²) in [5.41, 5.74) is -0.265. The number of rotatable bonds is 4. The minimum absolute atomic E-state index is 0.0505. The summed E-state index contributed by atoms with van der Waals surface area (Å²) in [5.74, 6) is -1.78. The van der Waals surface area contributed by atoms with Gasteiger partial charge in [0.2, 0.25) is 0 Å². The quantitative estimate of drug-likeness (QED) is 0.481. The molecule has 9 heteroatoms. The van der Waals surface area contributed by atoms with Crippen molar-refractivity contribution in [1.82, 2.24) is 0 Å². The predicted molar refractivity (Wildman–Crippen MR) is 108 cm³/mol. The Morgan fingerprint density at radius 3 is 2.58 bits per heavy atom. The first-order chi connectivity index (χ1) is 14.6. The van der Waals surface area contributed by atoms with Crippen molar-refractivity contribution < 1.29 is 34.5 Å². The van der Waals surface area contributed by atoms with Gasteiger partial charge in [-0.05, 0) is 53.5 Å². The minimum atomic E-state index is -1.37. The van der Waals surface area contributed by atoms with Crippen LogP contribution in [0.3, 0.4) is 0 Å². The van der Waals surface area contributed by atoms with Gasteiger partial charge < -0.3 is 30.1 Å². The van der Waals surface area contributed by atoms with Crippen molar-refractivity contribution >= 4 is 17.6 Å². The Balaban J connectivity index is 1.72. The molecule has 168 valence electrons. The first kappa shape index (κ1) is 21.8. The monoisotopic (exact) mass is 432 g/mol. The lowest BCUT2D eigenvalue weighted by Gasteiger charge is -2.57. The van der Waals surface area contributed by atoms with E-state index in [4.69, 9.17) is 14.7 Å². The molecular weight excluding hydrogens is 406 g/mol. The highest BCUT2D eigenvalue weighted by Crippen LogP contribution is 2.61. The SMILES string of the molecule is C[C@]1(CO)CCC[C@]2(C)C3=C(C(=O)OC3)[C@H](O)[C@@H](OC(=O)c3ccc(N([O-])O)cc3)[C@@H]12. The van der Waals surface area contributed by atoms with Crippen LogP contribution in [0.15, 0.2) is 35.4 Å². The van der Waals surface area contributed by atoms with E-state index in [9.17, 15) is 25.0 Å². The molecule has 0 radical (unpaired) electrons. The predicted octanol–water partition coefficient (Wildman–Crippen LogP) is 1.94. The number of fused-ring (bicyclic) bond motifs is 2. The number of aliphatic hydroxyl groups is 2. The molecule has 3 aliphatic rings. The van der Waals surface area contributed by atoms with Crippen molar-refractivity contribution in [3.05, 3.63) is 46.2 Å². The number of ether oxygens (including phenoxy) is 2. The van der Waals surface area contributed by atoms with Gasteiger partial charge in [0.15, 0.2) is 0 Å². The maximum atomic E-state index is 12.9. The number of benzene rings is 1. The lowest BCUT2D eigenvalue weighted by Crippen LogP contribution is -2.60. The van der Waals surface area contributed by atoms with Crippen LogP contribution in [0.4, 0.5) is 5.69 Å². The first-order valence-corrected chi connectivity index (χ1v) is 10.3. The molecule has 0 amide bonds. The number of carbonyl (C=O) groups excluding carboxylic acids is 2. The van der Waals surface area contributed by atoms with E-state index in [2.05, 4.69) is 0 Å². The van der Waals surface area contributed by atoms with Crippen molar-refractivity contribution in [2.24, 2.45) is 16.7 Å². The summed E-state index contributed by atoms with van der Waals surface area (Å²) in [6.07, 6.45) is -0.210. The van der Waals surface area contributed by atoms with Gasteiger partial charge in [0.1, 0.15) is 18.8 Å². The Kier molecular flexibility index (Phi) is 5.33. The molecule has 4 rings (SSSR count). The second-order valence-corrected chi connectivity index (χ2v) is 9.16. The lowest BCUT2D eigenvalue weighted by molar-refractivity contribution is -0.145. The largest absolute Gasteiger partial charge is 0.733 e. The van der Waals surface area contributed by atoms with E-state index in [1.807, 2.05) is 13.8 Å². The zero-order chi connectivity index (χ0) is 22.6. The molecule has 1 aromatic carbocycles. The van der Waals surface area contributed by atoms with Crippen LogP contribution in [0, 0.1) is 22.0 Å². The molecule has 9 nitrogen and oxygen atoms in total. The van der Waals surface area contributed by atoms with Crippen LogP contribution in [0.2, 0.25) is 0 Å². The number of hydrogen-bond acceptors (Lipinski definition) is 9. The number of anilines is 1. The standard InChI is InChI=1S/C22H26NO8/c1-21(11-24)8-3-9-22(2)14-10-30-20(27)15(14)16(25)17(18(21)22)31-19(26)12-4-6-13(7-5-12)23(28)29/h4-7,16-18,24-25,28H,3,8-11H2,1-2H3/q-1/t16-,17+,18-,21+,22+/m0/s1. The molecule has 1 heterocycles. The van der Waals surface area contributed by atoms with Gasteiger partial charge in [-0.25, -0.2) is 9.59 Å². The van der Waals surface area contributed by atoms with Crippen LogP contribution in [0.1, 0.15) is 43.5 Å². The molecule has 1 saturated carbocycles. The molecular formula is C22H26NO8-. The van der Waals surface area contributed by atoms with Crippen LogP contribution in [0.5, 0.6) is 0 Å². The van der Waals surface area contributed by atoms with Crippen molar-refractivity contribution in [2.45, 2.75) is 45.3 Å². The van der Waals surface area contributed by atoms with Crippen molar-refractivity contribution in [2.75, 3.05) is 18.4 Å². The van der Waals surface area contributed by atoms with E-state index in [1.54, 1.807) is 0 Å². The molecule has 0 bridgehead atoms. The summed E-state index contributed by atoms with van der Waals surface area (Å²) in [7, 11) is 0. The third kappa shape index (κ3) is 3.32. The molecule has 0 unspecified atom stereocenters. The summed E-state index contributed by atoms with van der Waals surface area (Å²) in [6.45, 7) is 3.82. The summed E-state index contributed by atoms with van der Waals surface area (Å²) in [6, 6.07) is 5.18. The maximum absolute atomic E-state index is 12.9. The average Bonchev–Trinajstić information content (AvgIpc) is 3.14. The summed E-state index contributed by atoms with van der Waals surface area (Å²) >= 11 is 0. The third-order valence-electron chi connectivity index (χ3n) is 7.33. The first-order valence-electron chi connectivity index (χ1n) is 10.3. The summed E-state index contributed by atoms with van der Waals surface area (Å²) in [5, 5.41) is 41.0. The number of esters is 2. The average molecular weight is 432 g/mol. The van der Waals surface area contributed by atoms with E-state index in [-0.39, 0.29) is 35.3 Å². The molecule has 1 fully saturated rings. The van der Waals surface area contributed by atoms with Gasteiger partial charge in [-0.15, -0.1) is 0 Å². The van der Waals surface area contributed by atoms with Gasteiger partial charge in [0.25, 0.3) is 0 Å². The van der Waals surface area contributed by atoms with Gasteiger partial charge in [0.05, 0.1) is 16.8 Å². The number of carbonyl (C=O) groups is 2. The molecule has 0 spiro atoms. The van der Waals surface area contributed by atoms with Crippen LogP contribution in [-0.4, -0.2) is 52.8 Å². The van der Waals surface area contributed by atoms with Gasteiger partial charge in [0, 0.05) is 12.5 Å². The molecule has 5 atom stereocenters. The summed E-state index contributed by atoms with van der Waals surface area (Å²) in [4.78, 5) is 25.3. The Labute approximate surface area is 179 Å². The van der Waals surface area contributed by atoms with Gasteiger partial charge >= 0.3 is 11.9 Å². The van der Waals surface area contributed by atoms with E-state index >= 15 is 0 Å². The van der Waals surface area contributed by atoms with Crippen LogP contribution in [-0.2, 0) is 14.3 Å². The second-order valence-electron chi connectivity index (χ2n) is 9.16. The Morgan fingerprint density at radius 2 is 1.97 bits per heavy atom. The van der Waals surface area contributed by atoms with Gasteiger partial charge in [-0.1, -0.05) is 20.3 Å².